The molecule has 8 nitrogen and oxygen atoms in total. The second-order valence-corrected chi connectivity index (χ2v) is 9.28. The van der Waals surface area contributed by atoms with Crippen LogP contribution in [0.25, 0.3) is 21.9 Å². The minimum atomic E-state index is -4.50. The van der Waals surface area contributed by atoms with Crippen LogP contribution in [0.1, 0.15) is 15.9 Å². The predicted octanol–water partition coefficient (Wildman–Crippen LogP) is 6.53. The lowest BCUT2D eigenvalue weighted by atomic mass is 9.94. The van der Waals surface area contributed by atoms with Crippen molar-refractivity contribution in [3.63, 3.8) is 0 Å². The normalized spacial score (nSPS) is 11.9. The van der Waals surface area contributed by atoms with Crippen LogP contribution in [-0.2, 0) is 10.1 Å². The van der Waals surface area contributed by atoms with Crippen molar-refractivity contribution in [3.8, 4) is 16.9 Å². The van der Waals surface area contributed by atoms with Gasteiger partial charge in [0.1, 0.15) is 21.9 Å². The molecule has 0 aliphatic rings. The molecule has 0 saturated carbocycles. The Labute approximate surface area is 199 Å². The van der Waals surface area contributed by atoms with Gasteiger partial charge in [-0.1, -0.05) is 48.0 Å². The van der Waals surface area contributed by atoms with Gasteiger partial charge in [0.15, 0.2) is 0 Å². The van der Waals surface area contributed by atoms with Gasteiger partial charge in [-0.25, -0.2) is 4.79 Å². The molecule has 0 heterocycles. The van der Waals surface area contributed by atoms with E-state index in [-0.39, 0.29) is 32.4 Å². The van der Waals surface area contributed by atoms with Gasteiger partial charge in [-0.05, 0) is 53.6 Å². The van der Waals surface area contributed by atoms with Crippen molar-refractivity contribution in [2.45, 2.75) is 11.8 Å². The van der Waals surface area contributed by atoms with Crippen LogP contribution in [0.2, 0.25) is 5.02 Å². The first-order valence-corrected chi connectivity index (χ1v) is 11.7. The summed E-state index contributed by atoms with van der Waals surface area (Å²) in [4.78, 5) is 11.3. The molecule has 0 aromatic heterocycles. The summed E-state index contributed by atoms with van der Waals surface area (Å²) in [6.45, 7) is 1.67. The summed E-state index contributed by atoms with van der Waals surface area (Å²) < 4.78 is 32.8. The van der Waals surface area contributed by atoms with Crippen LogP contribution in [-0.4, -0.2) is 29.2 Å². The van der Waals surface area contributed by atoms with Gasteiger partial charge in [0, 0.05) is 11.1 Å². The number of nitrogens with zero attached hydrogens (tertiary/aromatic N) is 2. The summed E-state index contributed by atoms with van der Waals surface area (Å²) in [6, 6.07) is 17.2. The topological polar surface area (TPSA) is 137 Å². The summed E-state index contributed by atoms with van der Waals surface area (Å²) in [6.07, 6.45) is 0. The van der Waals surface area contributed by atoms with E-state index in [2.05, 4.69) is 10.2 Å². The monoisotopic (exact) mass is 496 g/mol. The van der Waals surface area contributed by atoms with Crippen LogP contribution in [0.15, 0.2) is 81.9 Å². The molecule has 4 aromatic carbocycles. The number of benzene rings is 4. The zero-order valence-corrected chi connectivity index (χ0v) is 19.2. The number of aromatic hydroxyl groups is 1. The molecule has 0 fully saturated rings. The summed E-state index contributed by atoms with van der Waals surface area (Å²) in [5.74, 6) is -1.70. The van der Waals surface area contributed by atoms with E-state index in [1.165, 1.54) is 30.3 Å². The molecule has 4 aromatic rings. The molecule has 0 aliphatic carbocycles. The van der Waals surface area contributed by atoms with E-state index in [4.69, 9.17) is 11.6 Å². The van der Waals surface area contributed by atoms with Crippen LogP contribution in [0.4, 0.5) is 11.4 Å². The maximum atomic E-state index is 11.7. The van der Waals surface area contributed by atoms with Gasteiger partial charge < -0.3 is 10.2 Å². The fourth-order valence-corrected chi connectivity index (χ4v) is 4.54. The van der Waals surface area contributed by atoms with Crippen molar-refractivity contribution in [1.82, 2.24) is 0 Å². The smallest absolute Gasteiger partial charge is 0.339 e. The van der Waals surface area contributed by atoms with Crippen LogP contribution in [0.5, 0.6) is 5.75 Å². The van der Waals surface area contributed by atoms with Gasteiger partial charge in [-0.3, -0.25) is 4.55 Å². The molecule has 0 amide bonds. The fraction of sp³-hybridized carbons (Fsp3) is 0.0417. The average molecular weight is 497 g/mol. The van der Waals surface area contributed by atoms with Gasteiger partial charge in [-0.15, -0.1) is 5.11 Å². The maximum Gasteiger partial charge on any atom is 0.339 e. The number of phenols is 1. The van der Waals surface area contributed by atoms with Gasteiger partial charge in [0.25, 0.3) is 10.1 Å². The largest absolute Gasteiger partial charge is 0.506 e. The van der Waals surface area contributed by atoms with Crippen molar-refractivity contribution in [2.24, 2.45) is 10.2 Å². The minimum absolute atomic E-state index is 0.0499. The van der Waals surface area contributed by atoms with Gasteiger partial charge in [0.2, 0.25) is 0 Å². The van der Waals surface area contributed by atoms with E-state index in [0.29, 0.717) is 21.9 Å². The quantitative estimate of drug-likeness (QED) is 0.212. The van der Waals surface area contributed by atoms with Crippen molar-refractivity contribution >= 4 is 49.8 Å². The third-order valence-electron chi connectivity index (χ3n) is 5.14. The first-order valence-electron chi connectivity index (χ1n) is 9.84. The molecule has 3 N–H and O–H groups in total. The highest BCUT2D eigenvalue weighted by Crippen LogP contribution is 2.43. The lowest BCUT2D eigenvalue weighted by Gasteiger charge is -2.14. The Morgan fingerprint density at radius 2 is 1.71 bits per heavy atom. The number of rotatable bonds is 5. The Morgan fingerprint density at radius 1 is 0.971 bits per heavy atom. The summed E-state index contributed by atoms with van der Waals surface area (Å²) in [5, 5.41) is 29.6. The second-order valence-electron chi connectivity index (χ2n) is 7.48. The van der Waals surface area contributed by atoms with E-state index in [0.717, 1.165) is 0 Å². The average Bonchev–Trinajstić information content (AvgIpc) is 2.78. The summed E-state index contributed by atoms with van der Waals surface area (Å²) >= 11 is 6.48. The highest BCUT2D eigenvalue weighted by molar-refractivity contribution is 7.86. The number of carbonyl (C=O) groups is 1. The SMILES string of the molecule is Cc1ccc(N=Nc2ccc(-c3c(O)c(C(=O)O)cc4ccccc34)c(Cl)c2)c(S(=O)(=O)O)c1. The number of aryl methyl sites for hydroxylation is 1. The van der Waals surface area contributed by atoms with Crippen molar-refractivity contribution in [1.29, 1.82) is 0 Å². The van der Waals surface area contributed by atoms with E-state index in [1.807, 2.05) is 0 Å². The first kappa shape index (κ1) is 23.4. The molecular weight excluding hydrogens is 480 g/mol. The van der Waals surface area contributed by atoms with Crippen LogP contribution < -0.4 is 0 Å². The van der Waals surface area contributed by atoms with E-state index >= 15 is 0 Å². The van der Waals surface area contributed by atoms with Crippen LogP contribution >= 0.6 is 11.6 Å². The molecule has 172 valence electrons. The van der Waals surface area contributed by atoms with E-state index in [1.54, 1.807) is 43.3 Å². The lowest BCUT2D eigenvalue weighted by molar-refractivity contribution is 0.0694. The molecule has 0 atom stereocenters. The Bertz CT molecular complexity index is 1600. The first-order chi connectivity index (χ1) is 16.1. The molecule has 4 rings (SSSR count). The number of halogens is 1. The van der Waals surface area contributed by atoms with Crippen LogP contribution in [0, 0.1) is 6.92 Å². The number of hydrogen-bond donors (Lipinski definition) is 3. The third-order valence-corrected chi connectivity index (χ3v) is 6.34. The number of carboxylic acids is 1. The third kappa shape index (κ3) is 4.49. The Kier molecular flexibility index (Phi) is 6.09. The fourth-order valence-electron chi connectivity index (χ4n) is 3.56. The molecular formula is C24H17ClN2O6S. The number of azo groups is 1. The highest BCUT2D eigenvalue weighted by atomic mass is 35.5. The number of hydrogen-bond acceptors (Lipinski definition) is 6. The van der Waals surface area contributed by atoms with Crippen LogP contribution in [0.3, 0.4) is 0 Å². The maximum absolute atomic E-state index is 11.7. The minimum Gasteiger partial charge on any atom is -0.506 e. The van der Waals surface area contributed by atoms with Crippen molar-refractivity contribution in [3.05, 3.63) is 82.9 Å². The van der Waals surface area contributed by atoms with Gasteiger partial charge in [0.05, 0.1) is 10.7 Å². The number of fused-ring (bicyclic) bond motifs is 1. The summed E-state index contributed by atoms with van der Waals surface area (Å²) in [7, 11) is -4.50. The van der Waals surface area contributed by atoms with E-state index in [9.17, 15) is 28.0 Å². The standard InChI is InChI=1S/C24H17ClN2O6S/c1-13-6-9-20(21(10-13)34(31,32)33)27-26-15-7-8-17(19(25)12-15)22-16-5-3-2-4-14(16)11-18(23(22)28)24(29)30/h2-12,28H,1H3,(H,29,30)(H,31,32,33). The van der Waals surface area contributed by atoms with Crippen molar-refractivity contribution in [2.75, 3.05) is 0 Å². The predicted molar refractivity (Wildman–Crippen MR) is 128 cm³/mol. The molecule has 0 radical (unpaired) electrons. The Morgan fingerprint density at radius 3 is 2.38 bits per heavy atom. The number of aromatic carboxylic acids is 1. The van der Waals surface area contributed by atoms with Crippen molar-refractivity contribution < 1.29 is 28.0 Å². The zero-order chi connectivity index (χ0) is 24.6. The molecule has 0 bridgehead atoms. The molecule has 34 heavy (non-hydrogen) atoms. The van der Waals surface area contributed by atoms with Gasteiger partial charge >= 0.3 is 5.97 Å². The molecule has 0 aliphatic heterocycles. The van der Waals surface area contributed by atoms with Gasteiger partial charge in [-0.2, -0.15) is 13.5 Å². The highest BCUT2D eigenvalue weighted by Gasteiger charge is 2.20. The Hall–Kier alpha value is -3.79. The summed E-state index contributed by atoms with van der Waals surface area (Å²) in [5.41, 5.74) is 1.22. The molecule has 0 unspecified atom stereocenters. The molecule has 0 saturated heterocycles. The second kappa shape index (κ2) is 8.86. The zero-order valence-electron chi connectivity index (χ0n) is 17.6. The molecule has 10 heteroatoms. The molecule has 0 spiro atoms. The Balaban J connectivity index is 1.81. The number of carboxylic acid groups (broad SMARTS) is 1. The lowest BCUT2D eigenvalue weighted by Crippen LogP contribution is -1.99. The van der Waals surface area contributed by atoms with E-state index < -0.39 is 21.8 Å².